The average molecular weight is 296 g/mol. The zero-order chi connectivity index (χ0) is 14.5. The van der Waals surface area contributed by atoms with Crippen molar-refractivity contribution < 1.29 is 9.72 Å². The summed E-state index contributed by atoms with van der Waals surface area (Å²) in [6, 6.07) is 4.08. The summed E-state index contributed by atoms with van der Waals surface area (Å²) in [5.74, 6) is 6.13. The van der Waals surface area contributed by atoms with Crippen LogP contribution in [0.25, 0.3) is 0 Å². The van der Waals surface area contributed by atoms with Crippen molar-refractivity contribution >= 4 is 29.0 Å². The molecule has 1 aliphatic rings. The van der Waals surface area contributed by atoms with Crippen LogP contribution >= 0.6 is 11.8 Å². The maximum Gasteiger partial charge on any atom is 0.293 e. The number of nitrogens with one attached hydrogen (secondary N) is 2. The summed E-state index contributed by atoms with van der Waals surface area (Å²) in [6.45, 7) is 0.617. The van der Waals surface area contributed by atoms with E-state index in [1.807, 2.05) is 11.8 Å². The third-order valence-corrected chi connectivity index (χ3v) is 4.52. The lowest BCUT2D eigenvalue weighted by atomic mass is 10.1. The van der Waals surface area contributed by atoms with Crippen LogP contribution in [0.2, 0.25) is 0 Å². The quantitative estimate of drug-likeness (QED) is 0.431. The molecule has 0 bridgehead atoms. The third kappa shape index (κ3) is 3.40. The van der Waals surface area contributed by atoms with Gasteiger partial charge in [0, 0.05) is 23.4 Å². The summed E-state index contributed by atoms with van der Waals surface area (Å²) < 4.78 is 0. The van der Waals surface area contributed by atoms with Crippen LogP contribution in [0.3, 0.4) is 0 Å². The SMILES string of the molecule is NNc1cc(C(=O)NCC2CCCS2)ccc1[N+](=O)[O-]. The molecule has 1 atom stereocenters. The number of carbonyl (C=O) groups excluding carboxylic acids is 1. The van der Waals surface area contributed by atoms with Crippen LogP contribution in [0.5, 0.6) is 0 Å². The normalized spacial score (nSPS) is 17.8. The first-order valence-corrected chi connectivity index (χ1v) is 7.31. The summed E-state index contributed by atoms with van der Waals surface area (Å²) in [7, 11) is 0. The van der Waals surface area contributed by atoms with E-state index >= 15 is 0 Å². The molecule has 4 N–H and O–H groups in total. The second-order valence-electron chi connectivity index (χ2n) is 4.48. The van der Waals surface area contributed by atoms with Crippen LogP contribution in [-0.4, -0.2) is 28.4 Å². The van der Waals surface area contributed by atoms with Crippen LogP contribution in [0.15, 0.2) is 18.2 Å². The van der Waals surface area contributed by atoms with Gasteiger partial charge in [0.2, 0.25) is 0 Å². The number of rotatable bonds is 5. The fourth-order valence-corrected chi connectivity index (χ4v) is 3.27. The third-order valence-electron chi connectivity index (χ3n) is 3.13. The van der Waals surface area contributed by atoms with Crippen molar-refractivity contribution in [3.63, 3.8) is 0 Å². The Balaban J connectivity index is 2.03. The van der Waals surface area contributed by atoms with Gasteiger partial charge in [-0.25, -0.2) is 0 Å². The molecule has 1 fully saturated rings. The van der Waals surface area contributed by atoms with Crippen LogP contribution in [0.1, 0.15) is 23.2 Å². The number of hydrogen-bond acceptors (Lipinski definition) is 6. The number of nitrogens with two attached hydrogens (primary N) is 1. The summed E-state index contributed by atoms with van der Waals surface area (Å²) in [4.78, 5) is 22.2. The van der Waals surface area contributed by atoms with Crippen LogP contribution in [0.4, 0.5) is 11.4 Å². The first kappa shape index (κ1) is 14.6. The van der Waals surface area contributed by atoms with E-state index in [2.05, 4.69) is 10.7 Å². The van der Waals surface area contributed by atoms with Gasteiger partial charge in [-0.05, 0) is 30.7 Å². The van der Waals surface area contributed by atoms with Gasteiger partial charge in [0.15, 0.2) is 0 Å². The number of benzene rings is 1. The molecule has 1 aromatic carbocycles. The first-order valence-electron chi connectivity index (χ1n) is 6.26. The molecule has 1 unspecified atom stereocenters. The molecule has 0 radical (unpaired) electrons. The van der Waals surface area contributed by atoms with E-state index in [1.165, 1.54) is 24.6 Å². The van der Waals surface area contributed by atoms with Gasteiger partial charge in [-0.2, -0.15) is 11.8 Å². The lowest BCUT2D eigenvalue weighted by molar-refractivity contribution is -0.384. The standard InChI is InChI=1S/C12H16N4O3S/c13-15-10-6-8(3-4-11(10)16(18)19)12(17)14-7-9-2-1-5-20-9/h3-4,6,9,15H,1-2,5,7,13H2,(H,14,17). The minimum Gasteiger partial charge on any atom is -0.351 e. The molecule has 20 heavy (non-hydrogen) atoms. The van der Waals surface area contributed by atoms with Crippen molar-refractivity contribution in [1.29, 1.82) is 0 Å². The number of nitro benzene ring substituents is 1. The predicted molar refractivity (Wildman–Crippen MR) is 78.7 cm³/mol. The number of nitro groups is 1. The van der Waals surface area contributed by atoms with Crippen LogP contribution in [0, 0.1) is 10.1 Å². The molecule has 1 aromatic rings. The van der Waals surface area contributed by atoms with Crippen molar-refractivity contribution in [3.05, 3.63) is 33.9 Å². The number of hydrogen-bond donors (Lipinski definition) is 3. The summed E-state index contributed by atoms with van der Waals surface area (Å²) in [6.07, 6.45) is 2.30. The summed E-state index contributed by atoms with van der Waals surface area (Å²) in [5.41, 5.74) is 2.56. The van der Waals surface area contributed by atoms with Gasteiger partial charge >= 0.3 is 0 Å². The molecule has 1 heterocycles. The Bertz CT molecular complexity index is 517. The van der Waals surface area contributed by atoms with Gasteiger partial charge in [0.25, 0.3) is 11.6 Å². The molecule has 1 amide bonds. The Morgan fingerprint density at radius 1 is 1.55 bits per heavy atom. The van der Waals surface area contributed by atoms with Gasteiger partial charge in [-0.15, -0.1) is 0 Å². The van der Waals surface area contributed by atoms with Gasteiger partial charge in [0.05, 0.1) is 4.92 Å². The topological polar surface area (TPSA) is 110 Å². The Hall–Kier alpha value is -1.80. The molecule has 0 aromatic heterocycles. The molecule has 1 saturated heterocycles. The van der Waals surface area contributed by atoms with Gasteiger partial charge in [0.1, 0.15) is 5.69 Å². The van der Waals surface area contributed by atoms with Crippen molar-refractivity contribution in [2.24, 2.45) is 5.84 Å². The number of hydrazine groups is 1. The molecule has 2 rings (SSSR count). The average Bonchev–Trinajstić information content (AvgIpc) is 2.97. The summed E-state index contributed by atoms with van der Waals surface area (Å²) >= 11 is 1.86. The Kier molecular flexibility index (Phi) is 4.80. The molecular weight excluding hydrogens is 280 g/mol. The largest absolute Gasteiger partial charge is 0.351 e. The van der Waals surface area contributed by atoms with E-state index in [4.69, 9.17) is 5.84 Å². The zero-order valence-electron chi connectivity index (χ0n) is 10.8. The number of carbonyl (C=O) groups is 1. The van der Waals surface area contributed by atoms with Crippen molar-refractivity contribution in [3.8, 4) is 0 Å². The number of nitrogens with zero attached hydrogens (tertiary/aromatic N) is 1. The van der Waals surface area contributed by atoms with E-state index in [-0.39, 0.29) is 17.3 Å². The smallest absolute Gasteiger partial charge is 0.293 e. The maximum atomic E-state index is 12.0. The number of thioether (sulfide) groups is 1. The highest BCUT2D eigenvalue weighted by atomic mass is 32.2. The molecule has 8 heteroatoms. The lowest BCUT2D eigenvalue weighted by Gasteiger charge is -2.11. The van der Waals surface area contributed by atoms with Gasteiger partial charge < -0.3 is 10.7 Å². The van der Waals surface area contributed by atoms with Crippen molar-refractivity contribution in [2.75, 3.05) is 17.7 Å². The molecule has 0 aliphatic carbocycles. The molecule has 0 spiro atoms. The molecule has 1 aliphatic heterocycles. The Morgan fingerprint density at radius 2 is 2.35 bits per heavy atom. The highest BCUT2D eigenvalue weighted by molar-refractivity contribution is 8.00. The van der Waals surface area contributed by atoms with E-state index in [0.29, 0.717) is 17.4 Å². The van der Waals surface area contributed by atoms with Crippen molar-refractivity contribution in [2.45, 2.75) is 18.1 Å². The number of amides is 1. The molecule has 108 valence electrons. The monoisotopic (exact) mass is 296 g/mol. The second kappa shape index (κ2) is 6.58. The fourth-order valence-electron chi connectivity index (χ4n) is 2.07. The first-order chi connectivity index (χ1) is 9.61. The van der Waals surface area contributed by atoms with Gasteiger partial charge in [-0.1, -0.05) is 0 Å². The van der Waals surface area contributed by atoms with Crippen molar-refractivity contribution in [1.82, 2.24) is 5.32 Å². The molecule has 7 nitrogen and oxygen atoms in total. The zero-order valence-corrected chi connectivity index (χ0v) is 11.6. The number of anilines is 1. The summed E-state index contributed by atoms with van der Waals surface area (Å²) in [5, 5.41) is 14.1. The van der Waals surface area contributed by atoms with E-state index in [0.717, 1.165) is 12.2 Å². The van der Waals surface area contributed by atoms with Gasteiger partial charge in [-0.3, -0.25) is 20.8 Å². The minimum absolute atomic E-state index is 0.123. The highest BCUT2D eigenvalue weighted by Gasteiger charge is 2.19. The highest BCUT2D eigenvalue weighted by Crippen LogP contribution is 2.26. The Morgan fingerprint density at radius 3 is 2.95 bits per heavy atom. The lowest BCUT2D eigenvalue weighted by Crippen LogP contribution is -2.29. The van der Waals surface area contributed by atoms with Crippen LogP contribution < -0.4 is 16.6 Å². The van der Waals surface area contributed by atoms with E-state index < -0.39 is 4.92 Å². The van der Waals surface area contributed by atoms with E-state index in [1.54, 1.807) is 0 Å². The van der Waals surface area contributed by atoms with E-state index in [9.17, 15) is 14.9 Å². The van der Waals surface area contributed by atoms with Crippen LogP contribution in [-0.2, 0) is 0 Å². The molecular formula is C12H16N4O3S. The number of nitrogen functional groups attached to an aromatic ring is 1. The molecule has 0 saturated carbocycles. The fraction of sp³-hybridized carbons (Fsp3) is 0.417. The Labute approximate surface area is 120 Å². The minimum atomic E-state index is -0.550. The second-order valence-corrected chi connectivity index (χ2v) is 5.89. The predicted octanol–water partition coefficient (Wildman–Crippen LogP) is 1.51. The maximum absolute atomic E-state index is 12.0.